The zero-order chi connectivity index (χ0) is 5.94. The van der Waals surface area contributed by atoms with Crippen LogP contribution < -0.4 is 5.73 Å². The molecule has 46 valence electrons. The lowest BCUT2D eigenvalue weighted by atomic mass is 9.81. The number of fused-ring (bicyclic) bond motifs is 1. The van der Waals surface area contributed by atoms with Gasteiger partial charge in [0, 0.05) is 6.04 Å². The lowest BCUT2D eigenvalue weighted by molar-refractivity contribution is 0.259. The summed E-state index contributed by atoms with van der Waals surface area (Å²) in [5.41, 5.74) is 6.37. The van der Waals surface area contributed by atoms with Crippen LogP contribution in [0.3, 0.4) is 0 Å². The van der Waals surface area contributed by atoms with Crippen LogP contribution in [0, 0.1) is 17.3 Å². The molecule has 4 unspecified atom stereocenters. The first-order valence-electron chi connectivity index (χ1n) is 3.43. The molecule has 0 aliphatic heterocycles. The van der Waals surface area contributed by atoms with Gasteiger partial charge in [0.1, 0.15) is 0 Å². The summed E-state index contributed by atoms with van der Waals surface area (Å²) in [6.07, 6.45) is 1.29. The Labute approximate surface area is 50.3 Å². The molecule has 2 saturated carbocycles. The summed E-state index contributed by atoms with van der Waals surface area (Å²) in [4.78, 5) is 0. The zero-order valence-corrected chi connectivity index (χ0v) is 5.52. The van der Waals surface area contributed by atoms with Crippen LogP contribution >= 0.6 is 0 Å². The van der Waals surface area contributed by atoms with Crippen molar-refractivity contribution in [1.29, 1.82) is 0 Å². The van der Waals surface area contributed by atoms with E-state index in [2.05, 4.69) is 13.8 Å². The maximum absolute atomic E-state index is 5.79. The van der Waals surface area contributed by atoms with Gasteiger partial charge >= 0.3 is 0 Å². The molecule has 0 aromatic rings. The average molecular weight is 111 g/mol. The molecule has 0 aromatic heterocycles. The molecule has 8 heavy (non-hydrogen) atoms. The van der Waals surface area contributed by atoms with E-state index in [0.717, 1.165) is 11.8 Å². The highest BCUT2D eigenvalue weighted by atomic mass is 14.9. The molecule has 0 bridgehead atoms. The van der Waals surface area contributed by atoms with Crippen molar-refractivity contribution in [3.05, 3.63) is 0 Å². The van der Waals surface area contributed by atoms with E-state index in [1.165, 1.54) is 6.42 Å². The number of hydrogen-bond acceptors (Lipinski definition) is 1. The molecule has 0 aromatic carbocycles. The molecular weight excluding hydrogens is 98.1 g/mol. The van der Waals surface area contributed by atoms with Crippen LogP contribution in [0.1, 0.15) is 20.3 Å². The fourth-order valence-electron chi connectivity index (χ4n) is 2.30. The van der Waals surface area contributed by atoms with Crippen molar-refractivity contribution in [3.63, 3.8) is 0 Å². The number of hydrogen-bond donors (Lipinski definition) is 1. The van der Waals surface area contributed by atoms with Crippen molar-refractivity contribution in [3.8, 4) is 0 Å². The second-order valence-electron chi connectivity index (χ2n) is 3.60. The Bertz CT molecular complexity index is 117. The lowest BCUT2D eigenvalue weighted by Crippen LogP contribution is -2.39. The minimum Gasteiger partial charge on any atom is -0.327 e. The Kier molecular flexibility index (Phi) is 0.583. The van der Waals surface area contributed by atoms with Gasteiger partial charge in [-0.3, -0.25) is 0 Å². The van der Waals surface area contributed by atoms with Gasteiger partial charge in [0.15, 0.2) is 0 Å². The normalized spacial score (nSPS) is 68.6. The second kappa shape index (κ2) is 0.971. The molecule has 1 heteroatoms. The molecule has 2 fully saturated rings. The van der Waals surface area contributed by atoms with E-state index in [9.17, 15) is 0 Å². The molecule has 2 rings (SSSR count). The molecule has 2 aliphatic rings. The van der Waals surface area contributed by atoms with E-state index < -0.39 is 0 Å². The second-order valence-corrected chi connectivity index (χ2v) is 3.60. The highest BCUT2D eigenvalue weighted by Gasteiger charge is 2.69. The van der Waals surface area contributed by atoms with Crippen LogP contribution in [0.4, 0.5) is 0 Å². The Morgan fingerprint density at radius 2 is 2.25 bits per heavy atom. The van der Waals surface area contributed by atoms with Crippen LogP contribution in [0.5, 0.6) is 0 Å². The lowest BCUT2D eigenvalue weighted by Gasteiger charge is -2.29. The van der Waals surface area contributed by atoms with Crippen molar-refractivity contribution in [1.82, 2.24) is 0 Å². The monoisotopic (exact) mass is 111 g/mol. The summed E-state index contributed by atoms with van der Waals surface area (Å²) in [5, 5.41) is 0. The third-order valence-electron chi connectivity index (χ3n) is 3.58. The van der Waals surface area contributed by atoms with E-state index in [0.29, 0.717) is 11.5 Å². The zero-order valence-electron chi connectivity index (χ0n) is 5.52. The fraction of sp³-hybridized carbons (Fsp3) is 1.00. The third-order valence-corrected chi connectivity index (χ3v) is 3.58. The molecule has 0 saturated heterocycles. The van der Waals surface area contributed by atoms with Crippen LogP contribution in [0.15, 0.2) is 0 Å². The van der Waals surface area contributed by atoms with Crippen LogP contribution in [0.25, 0.3) is 0 Å². The molecule has 2 aliphatic carbocycles. The number of rotatable bonds is 0. The maximum Gasteiger partial charge on any atom is 0.0101 e. The topological polar surface area (TPSA) is 26.0 Å². The summed E-state index contributed by atoms with van der Waals surface area (Å²) >= 11 is 0. The van der Waals surface area contributed by atoms with Gasteiger partial charge in [-0.15, -0.1) is 0 Å². The van der Waals surface area contributed by atoms with E-state index in [-0.39, 0.29) is 0 Å². The molecule has 0 amide bonds. The van der Waals surface area contributed by atoms with E-state index >= 15 is 0 Å². The van der Waals surface area contributed by atoms with Gasteiger partial charge in [0.05, 0.1) is 0 Å². The first kappa shape index (κ1) is 4.80. The minimum atomic E-state index is 0.530. The fourth-order valence-corrected chi connectivity index (χ4v) is 2.30. The third kappa shape index (κ3) is 0.255. The van der Waals surface area contributed by atoms with Crippen molar-refractivity contribution >= 4 is 0 Å². The van der Waals surface area contributed by atoms with Gasteiger partial charge in [-0.25, -0.2) is 0 Å². The van der Waals surface area contributed by atoms with Crippen molar-refractivity contribution < 1.29 is 0 Å². The summed E-state index contributed by atoms with van der Waals surface area (Å²) in [5.74, 6) is 1.93. The molecule has 0 spiro atoms. The molecule has 2 N–H and O–H groups in total. The van der Waals surface area contributed by atoms with E-state index in [1.54, 1.807) is 0 Å². The van der Waals surface area contributed by atoms with E-state index in [4.69, 9.17) is 5.73 Å². The Balaban J connectivity index is 2.18. The predicted molar refractivity (Wildman–Crippen MR) is 33.4 cm³/mol. The van der Waals surface area contributed by atoms with Crippen molar-refractivity contribution in [2.45, 2.75) is 26.3 Å². The van der Waals surface area contributed by atoms with Gasteiger partial charge in [0.2, 0.25) is 0 Å². The van der Waals surface area contributed by atoms with E-state index in [1.807, 2.05) is 0 Å². The van der Waals surface area contributed by atoms with Gasteiger partial charge < -0.3 is 5.73 Å². The average Bonchev–Trinajstić information content (AvgIpc) is 2.15. The largest absolute Gasteiger partial charge is 0.327 e. The summed E-state index contributed by atoms with van der Waals surface area (Å²) < 4.78 is 0. The quantitative estimate of drug-likeness (QED) is 0.495. The highest BCUT2D eigenvalue weighted by molar-refractivity contribution is 5.20. The molecule has 4 atom stereocenters. The first-order chi connectivity index (χ1) is 3.67. The van der Waals surface area contributed by atoms with Gasteiger partial charge in [0.25, 0.3) is 0 Å². The first-order valence-corrected chi connectivity index (χ1v) is 3.43. The molecule has 0 radical (unpaired) electrons. The van der Waals surface area contributed by atoms with Crippen molar-refractivity contribution in [2.75, 3.05) is 0 Å². The molecule has 0 heterocycles. The van der Waals surface area contributed by atoms with Crippen molar-refractivity contribution in [2.24, 2.45) is 23.0 Å². The smallest absolute Gasteiger partial charge is 0.0101 e. The Morgan fingerprint density at radius 1 is 1.62 bits per heavy atom. The SMILES string of the molecule is CC1C2CC(N)C12C. The van der Waals surface area contributed by atoms with Crippen LogP contribution in [-0.2, 0) is 0 Å². The van der Waals surface area contributed by atoms with Crippen LogP contribution in [0.2, 0.25) is 0 Å². The standard InChI is InChI=1S/C7H13N/c1-4-5-3-6(8)7(4,5)2/h4-6H,3,8H2,1-2H3. The molecule has 1 nitrogen and oxygen atoms in total. The minimum absolute atomic E-state index is 0.530. The van der Waals surface area contributed by atoms with Gasteiger partial charge in [-0.1, -0.05) is 13.8 Å². The van der Waals surface area contributed by atoms with Gasteiger partial charge in [-0.05, 0) is 23.7 Å². The summed E-state index contributed by atoms with van der Waals surface area (Å²) in [6.45, 7) is 4.63. The summed E-state index contributed by atoms with van der Waals surface area (Å²) in [7, 11) is 0. The Morgan fingerprint density at radius 3 is 2.25 bits per heavy atom. The van der Waals surface area contributed by atoms with Gasteiger partial charge in [-0.2, -0.15) is 0 Å². The predicted octanol–water partition coefficient (Wildman–Crippen LogP) is 0.990. The highest BCUT2D eigenvalue weighted by Crippen LogP contribution is 2.70. The Hall–Kier alpha value is -0.0400. The number of nitrogens with two attached hydrogens (primary N) is 1. The molecular formula is C7H13N. The maximum atomic E-state index is 5.79. The van der Waals surface area contributed by atoms with Crippen LogP contribution in [-0.4, -0.2) is 6.04 Å². The summed E-state index contributed by atoms with van der Waals surface area (Å²) in [6, 6.07) is 0.530.